The van der Waals surface area contributed by atoms with Crippen LogP contribution in [-0.4, -0.2) is 38.4 Å². The van der Waals surface area contributed by atoms with Gasteiger partial charge in [0.2, 0.25) is 0 Å². The Morgan fingerprint density at radius 2 is 2.38 bits per heavy atom. The van der Waals surface area contributed by atoms with E-state index < -0.39 is 11.4 Å². The first-order valence-corrected chi connectivity index (χ1v) is 7.83. The van der Waals surface area contributed by atoms with Crippen LogP contribution in [0.1, 0.15) is 25.5 Å². The Morgan fingerprint density at radius 1 is 1.57 bits per heavy atom. The Bertz CT molecular complexity index is 738. The summed E-state index contributed by atoms with van der Waals surface area (Å²) in [4.78, 5) is 30.6. The molecule has 0 bridgehead atoms. The van der Waals surface area contributed by atoms with Crippen molar-refractivity contribution in [3.05, 3.63) is 33.7 Å². The third-order valence-electron chi connectivity index (χ3n) is 4.31. The van der Waals surface area contributed by atoms with Gasteiger partial charge in [0.25, 0.3) is 5.56 Å². The zero-order chi connectivity index (χ0) is 15.0. The molecule has 1 aliphatic heterocycles. The Morgan fingerprint density at radius 3 is 3.05 bits per heavy atom. The van der Waals surface area contributed by atoms with Crippen molar-refractivity contribution in [2.24, 2.45) is 5.41 Å². The molecule has 1 N–H and O–H groups in total. The van der Waals surface area contributed by atoms with Gasteiger partial charge in [-0.25, -0.2) is 4.98 Å². The minimum Gasteiger partial charge on any atom is -0.481 e. The molecule has 0 amide bonds. The molecule has 6 nitrogen and oxygen atoms in total. The number of aliphatic carboxylic acids is 1. The molecule has 1 atom stereocenters. The van der Waals surface area contributed by atoms with Crippen LogP contribution in [-0.2, 0) is 11.3 Å². The largest absolute Gasteiger partial charge is 0.481 e. The van der Waals surface area contributed by atoms with Crippen LogP contribution in [0.15, 0.2) is 22.4 Å². The van der Waals surface area contributed by atoms with Gasteiger partial charge in [-0.15, -0.1) is 11.3 Å². The normalized spacial score (nSPS) is 22.9. The molecule has 1 saturated heterocycles. The van der Waals surface area contributed by atoms with Crippen molar-refractivity contribution in [1.82, 2.24) is 14.3 Å². The van der Waals surface area contributed by atoms with E-state index in [9.17, 15) is 14.7 Å². The molecular weight excluding hydrogens is 290 g/mol. The van der Waals surface area contributed by atoms with Crippen molar-refractivity contribution < 1.29 is 9.90 Å². The average molecular weight is 307 g/mol. The van der Waals surface area contributed by atoms with Gasteiger partial charge in [0.1, 0.15) is 0 Å². The van der Waals surface area contributed by atoms with Gasteiger partial charge in [-0.05, 0) is 19.4 Å². The predicted molar refractivity (Wildman–Crippen MR) is 79.6 cm³/mol. The fraction of sp³-hybridized carbons (Fsp3) is 0.500. The number of hydrogen-bond acceptors (Lipinski definition) is 5. The number of fused-ring (bicyclic) bond motifs is 1. The Hall–Kier alpha value is -1.73. The highest BCUT2D eigenvalue weighted by molar-refractivity contribution is 7.15. The highest BCUT2D eigenvalue weighted by Gasteiger charge is 2.43. The zero-order valence-corrected chi connectivity index (χ0v) is 12.6. The number of nitrogens with zero attached hydrogens (tertiary/aromatic N) is 3. The molecule has 0 aliphatic carbocycles. The van der Waals surface area contributed by atoms with Crippen LogP contribution >= 0.6 is 11.3 Å². The minimum atomic E-state index is -0.728. The van der Waals surface area contributed by atoms with E-state index in [4.69, 9.17) is 0 Å². The smallest absolute Gasteiger partial charge is 0.310 e. The fourth-order valence-corrected chi connectivity index (χ4v) is 3.64. The van der Waals surface area contributed by atoms with E-state index in [2.05, 4.69) is 9.88 Å². The summed E-state index contributed by atoms with van der Waals surface area (Å²) in [6.45, 7) is 3.69. The molecule has 0 spiro atoms. The number of rotatable bonds is 4. The molecule has 2 aromatic heterocycles. The molecule has 1 aliphatic rings. The summed E-state index contributed by atoms with van der Waals surface area (Å²) >= 11 is 1.42. The van der Waals surface area contributed by atoms with Crippen LogP contribution in [0.2, 0.25) is 0 Å². The van der Waals surface area contributed by atoms with E-state index in [0.717, 1.165) is 6.54 Å². The van der Waals surface area contributed by atoms with Crippen LogP contribution in [0.4, 0.5) is 0 Å². The summed E-state index contributed by atoms with van der Waals surface area (Å²) in [6.07, 6.45) is 2.99. The highest BCUT2D eigenvalue weighted by Crippen LogP contribution is 2.34. The van der Waals surface area contributed by atoms with E-state index in [1.165, 1.54) is 21.8 Å². The van der Waals surface area contributed by atoms with Crippen molar-refractivity contribution in [1.29, 1.82) is 0 Å². The van der Waals surface area contributed by atoms with Gasteiger partial charge < -0.3 is 5.11 Å². The van der Waals surface area contributed by atoms with Crippen LogP contribution in [0.3, 0.4) is 0 Å². The number of carbonyl (C=O) groups is 1. The fourth-order valence-electron chi connectivity index (χ4n) is 2.91. The quantitative estimate of drug-likeness (QED) is 0.925. The second-order valence-electron chi connectivity index (χ2n) is 5.54. The van der Waals surface area contributed by atoms with Crippen molar-refractivity contribution in [2.75, 3.05) is 13.1 Å². The van der Waals surface area contributed by atoms with Gasteiger partial charge in [-0.3, -0.25) is 18.9 Å². The van der Waals surface area contributed by atoms with Crippen LogP contribution in [0, 0.1) is 5.41 Å². The van der Waals surface area contributed by atoms with Gasteiger partial charge >= 0.3 is 5.97 Å². The molecule has 0 radical (unpaired) electrons. The molecule has 2 aromatic rings. The van der Waals surface area contributed by atoms with E-state index in [1.807, 2.05) is 12.3 Å². The Balaban J connectivity index is 1.80. The summed E-state index contributed by atoms with van der Waals surface area (Å²) in [5.41, 5.74) is -0.0302. The number of likely N-dealkylation sites (tertiary alicyclic amines) is 1. The molecule has 1 fully saturated rings. The maximum atomic E-state index is 11.9. The first-order valence-electron chi connectivity index (χ1n) is 6.95. The molecule has 3 rings (SSSR count). The summed E-state index contributed by atoms with van der Waals surface area (Å²) < 4.78 is 1.52. The maximum Gasteiger partial charge on any atom is 0.310 e. The van der Waals surface area contributed by atoms with Gasteiger partial charge in [0.05, 0.1) is 11.1 Å². The number of carboxylic acids is 1. The predicted octanol–water partition coefficient (Wildman–Crippen LogP) is 1.44. The Kier molecular flexibility index (Phi) is 3.54. The lowest BCUT2D eigenvalue weighted by Gasteiger charge is -2.22. The van der Waals surface area contributed by atoms with Gasteiger partial charge in [0, 0.05) is 30.7 Å². The van der Waals surface area contributed by atoms with E-state index in [-0.39, 0.29) is 5.56 Å². The van der Waals surface area contributed by atoms with Crippen molar-refractivity contribution in [3.8, 4) is 0 Å². The van der Waals surface area contributed by atoms with Crippen LogP contribution in [0.25, 0.3) is 4.96 Å². The van der Waals surface area contributed by atoms with Crippen molar-refractivity contribution in [3.63, 3.8) is 0 Å². The maximum absolute atomic E-state index is 11.9. The van der Waals surface area contributed by atoms with E-state index in [1.54, 1.807) is 6.20 Å². The number of thiazole rings is 1. The van der Waals surface area contributed by atoms with Crippen LogP contribution in [0.5, 0.6) is 0 Å². The Labute approximate surface area is 125 Å². The number of aromatic nitrogens is 2. The van der Waals surface area contributed by atoms with Gasteiger partial charge in [0.15, 0.2) is 4.96 Å². The summed E-state index contributed by atoms with van der Waals surface area (Å²) in [5.74, 6) is -0.728. The molecule has 0 saturated carbocycles. The molecule has 0 aromatic carbocycles. The lowest BCUT2D eigenvalue weighted by Crippen LogP contribution is -2.34. The number of carboxylic acid groups (broad SMARTS) is 1. The third kappa shape index (κ3) is 2.47. The van der Waals surface area contributed by atoms with Gasteiger partial charge in [-0.2, -0.15) is 0 Å². The standard InChI is InChI=1S/C14H17N3O3S/c1-2-14(12(19)20)3-4-16(9-14)8-10-7-11(18)17-5-6-21-13(17)15-10/h5-7H,2-4,8-9H2,1H3,(H,19,20). The summed E-state index contributed by atoms with van der Waals surface area (Å²) in [7, 11) is 0. The average Bonchev–Trinajstić information content (AvgIpc) is 3.06. The first kappa shape index (κ1) is 14.2. The molecule has 1 unspecified atom stereocenters. The molecule has 3 heterocycles. The summed E-state index contributed by atoms with van der Waals surface area (Å²) in [5, 5.41) is 11.2. The lowest BCUT2D eigenvalue weighted by atomic mass is 9.84. The second-order valence-corrected chi connectivity index (χ2v) is 6.41. The minimum absolute atomic E-state index is 0.0876. The molecule has 112 valence electrons. The highest BCUT2D eigenvalue weighted by atomic mass is 32.1. The van der Waals surface area contributed by atoms with Crippen LogP contribution < -0.4 is 5.56 Å². The molecule has 7 heteroatoms. The first-order chi connectivity index (χ1) is 10.0. The molecule has 21 heavy (non-hydrogen) atoms. The van der Waals surface area contributed by atoms with Crippen molar-refractivity contribution >= 4 is 22.3 Å². The summed E-state index contributed by atoms with van der Waals surface area (Å²) in [6, 6.07) is 1.53. The topological polar surface area (TPSA) is 74.9 Å². The second kappa shape index (κ2) is 5.23. The third-order valence-corrected chi connectivity index (χ3v) is 5.06. The SMILES string of the molecule is CCC1(C(=O)O)CCN(Cc2cc(=O)n3ccsc3n2)C1. The lowest BCUT2D eigenvalue weighted by molar-refractivity contribution is -0.148. The van der Waals surface area contributed by atoms with Gasteiger partial charge in [-0.1, -0.05) is 6.92 Å². The van der Waals surface area contributed by atoms with Crippen molar-refractivity contribution in [2.45, 2.75) is 26.3 Å². The molecular formula is C14H17N3O3S. The van der Waals surface area contributed by atoms with E-state index >= 15 is 0 Å². The monoisotopic (exact) mass is 307 g/mol. The number of hydrogen-bond donors (Lipinski definition) is 1. The van der Waals surface area contributed by atoms with E-state index in [0.29, 0.717) is 36.6 Å². The zero-order valence-electron chi connectivity index (χ0n) is 11.8.